The Balaban J connectivity index is 1.70. The lowest BCUT2D eigenvalue weighted by Gasteiger charge is -2.29. The number of carbonyl (C=O) groups is 2. The van der Waals surface area contributed by atoms with E-state index >= 15 is 0 Å². The number of rotatable bonds is 6. The number of carbonyl (C=O) groups excluding carboxylic acids is 1. The summed E-state index contributed by atoms with van der Waals surface area (Å²) in [5.41, 5.74) is 0. The molecule has 0 heterocycles. The molecule has 0 aliphatic heterocycles. The fraction of sp³-hybridized carbons (Fsp3) is 0.867. The van der Waals surface area contributed by atoms with Gasteiger partial charge in [-0.25, -0.2) is 9.59 Å². The third kappa shape index (κ3) is 4.39. The van der Waals surface area contributed by atoms with E-state index in [0.29, 0.717) is 0 Å². The third-order valence-electron chi connectivity index (χ3n) is 4.52. The molecule has 2 aliphatic carbocycles. The maximum Gasteiger partial charge on any atom is 0.326 e. The van der Waals surface area contributed by atoms with E-state index in [1.54, 1.807) is 0 Å². The molecule has 20 heavy (non-hydrogen) atoms. The molecule has 0 radical (unpaired) electrons. The Kier molecular flexibility index (Phi) is 5.26. The van der Waals surface area contributed by atoms with Gasteiger partial charge in [-0.05, 0) is 50.4 Å². The molecule has 1 unspecified atom stereocenters. The molecule has 114 valence electrons. The van der Waals surface area contributed by atoms with E-state index in [9.17, 15) is 9.59 Å². The smallest absolute Gasteiger partial charge is 0.326 e. The summed E-state index contributed by atoms with van der Waals surface area (Å²) >= 11 is 0. The van der Waals surface area contributed by atoms with Gasteiger partial charge in [-0.15, -0.1) is 0 Å². The third-order valence-corrected chi connectivity index (χ3v) is 4.52. The molecule has 0 bridgehead atoms. The highest BCUT2D eigenvalue weighted by molar-refractivity contribution is 5.83. The summed E-state index contributed by atoms with van der Waals surface area (Å²) < 4.78 is 0. The van der Waals surface area contributed by atoms with E-state index in [-0.39, 0.29) is 18.0 Å². The summed E-state index contributed by atoms with van der Waals surface area (Å²) in [6, 6.07) is -0.827. The fourth-order valence-corrected chi connectivity index (χ4v) is 3.18. The van der Waals surface area contributed by atoms with Crippen molar-refractivity contribution < 1.29 is 14.7 Å². The van der Waals surface area contributed by atoms with Gasteiger partial charge in [0.05, 0.1) is 0 Å². The van der Waals surface area contributed by atoms with Crippen molar-refractivity contribution in [2.45, 2.75) is 70.4 Å². The van der Waals surface area contributed by atoms with Crippen LogP contribution in [0.2, 0.25) is 0 Å². The molecule has 2 aliphatic rings. The maximum atomic E-state index is 11.9. The zero-order valence-electron chi connectivity index (χ0n) is 12.2. The fourth-order valence-electron chi connectivity index (χ4n) is 3.18. The van der Waals surface area contributed by atoms with E-state index in [1.807, 2.05) is 0 Å². The van der Waals surface area contributed by atoms with Gasteiger partial charge >= 0.3 is 12.0 Å². The maximum absolute atomic E-state index is 11.9. The quantitative estimate of drug-likeness (QED) is 0.700. The molecule has 2 saturated carbocycles. The van der Waals surface area contributed by atoms with Crippen LogP contribution in [-0.4, -0.2) is 29.2 Å². The van der Waals surface area contributed by atoms with E-state index in [0.717, 1.165) is 31.6 Å². The van der Waals surface area contributed by atoms with Crippen molar-refractivity contribution in [3.05, 3.63) is 0 Å². The highest BCUT2D eigenvalue weighted by Gasteiger charge is 2.37. The minimum atomic E-state index is -0.922. The Morgan fingerprint density at radius 3 is 2.30 bits per heavy atom. The van der Waals surface area contributed by atoms with Crippen molar-refractivity contribution in [3.8, 4) is 0 Å². The van der Waals surface area contributed by atoms with Gasteiger partial charge < -0.3 is 15.7 Å². The second-order valence-electron chi connectivity index (χ2n) is 6.28. The summed E-state index contributed by atoms with van der Waals surface area (Å²) in [6.07, 6.45) is 8.68. The molecule has 0 saturated heterocycles. The van der Waals surface area contributed by atoms with Crippen LogP contribution in [0, 0.1) is 11.8 Å². The standard InChI is InChI=1S/C15H26N2O3/c1-2-3-10-4-8-12(9-5-10)16-15(20)17-13(14(18)19)11-6-7-11/h10-13H,2-9H2,1H3,(H,18,19)(H2,16,17,20). The molecule has 0 aromatic heterocycles. The molecular formula is C15H26N2O3. The average Bonchev–Trinajstić information content (AvgIpc) is 3.22. The lowest BCUT2D eigenvalue weighted by molar-refractivity contribution is -0.139. The molecular weight excluding hydrogens is 256 g/mol. The van der Waals surface area contributed by atoms with Gasteiger partial charge in [0.25, 0.3) is 0 Å². The Morgan fingerprint density at radius 2 is 1.80 bits per heavy atom. The number of hydrogen-bond donors (Lipinski definition) is 3. The van der Waals surface area contributed by atoms with Crippen LogP contribution in [0.1, 0.15) is 58.3 Å². The predicted octanol–water partition coefficient (Wildman–Crippen LogP) is 2.51. The van der Waals surface area contributed by atoms with Crippen LogP contribution in [0.4, 0.5) is 4.79 Å². The molecule has 5 heteroatoms. The second kappa shape index (κ2) is 6.95. The van der Waals surface area contributed by atoms with Crippen molar-refractivity contribution in [1.29, 1.82) is 0 Å². The number of urea groups is 1. The summed E-state index contributed by atoms with van der Waals surface area (Å²) in [4.78, 5) is 23.0. The largest absolute Gasteiger partial charge is 0.480 e. The van der Waals surface area contributed by atoms with Gasteiger partial charge in [-0.2, -0.15) is 0 Å². The van der Waals surface area contributed by atoms with Crippen LogP contribution in [0.3, 0.4) is 0 Å². The van der Waals surface area contributed by atoms with Crippen molar-refractivity contribution in [2.24, 2.45) is 11.8 Å². The monoisotopic (exact) mass is 282 g/mol. The number of carboxylic acid groups (broad SMARTS) is 1. The summed E-state index contributed by atoms with van der Waals surface area (Å²) in [6.45, 7) is 2.21. The normalized spacial score (nSPS) is 27.6. The number of hydrogen-bond acceptors (Lipinski definition) is 2. The second-order valence-corrected chi connectivity index (χ2v) is 6.28. The van der Waals surface area contributed by atoms with Gasteiger partial charge in [0.1, 0.15) is 6.04 Å². The molecule has 5 nitrogen and oxygen atoms in total. The van der Waals surface area contributed by atoms with Gasteiger partial charge in [-0.3, -0.25) is 0 Å². The van der Waals surface area contributed by atoms with E-state index < -0.39 is 12.0 Å². The lowest BCUT2D eigenvalue weighted by Crippen LogP contribution is -2.50. The number of carboxylic acids is 1. The van der Waals surface area contributed by atoms with Crippen molar-refractivity contribution in [2.75, 3.05) is 0 Å². The summed E-state index contributed by atoms with van der Waals surface area (Å²) in [5, 5.41) is 14.6. The van der Waals surface area contributed by atoms with Crippen LogP contribution in [0.25, 0.3) is 0 Å². The molecule has 2 fully saturated rings. The minimum Gasteiger partial charge on any atom is -0.480 e. The molecule has 0 spiro atoms. The van der Waals surface area contributed by atoms with Gasteiger partial charge in [-0.1, -0.05) is 19.8 Å². The van der Waals surface area contributed by atoms with Gasteiger partial charge in [0, 0.05) is 6.04 Å². The molecule has 2 amide bonds. The average molecular weight is 282 g/mol. The van der Waals surface area contributed by atoms with Crippen LogP contribution >= 0.6 is 0 Å². The number of amides is 2. The van der Waals surface area contributed by atoms with E-state index in [4.69, 9.17) is 5.11 Å². The minimum absolute atomic E-state index is 0.124. The van der Waals surface area contributed by atoms with E-state index in [2.05, 4.69) is 17.6 Å². The number of nitrogens with one attached hydrogen (secondary N) is 2. The van der Waals surface area contributed by atoms with Crippen molar-refractivity contribution in [3.63, 3.8) is 0 Å². The molecule has 2 rings (SSSR count). The molecule has 3 N–H and O–H groups in total. The lowest BCUT2D eigenvalue weighted by atomic mass is 9.83. The van der Waals surface area contributed by atoms with Crippen molar-refractivity contribution >= 4 is 12.0 Å². The van der Waals surface area contributed by atoms with Gasteiger partial charge in [0.2, 0.25) is 0 Å². The first-order chi connectivity index (χ1) is 9.60. The van der Waals surface area contributed by atoms with Crippen molar-refractivity contribution in [1.82, 2.24) is 10.6 Å². The predicted molar refractivity (Wildman–Crippen MR) is 76.5 cm³/mol. The molecule has 0 aromatic carbocycles. The summed E-state index contributed by atoms with van der Waals surface area (Å²) in [5.74, 6) is 0.00666. The Morgan fingerprint density at radius 1 is 1.15 bits per heavy atom. The SMILES string of the molecule is CCCC1CCC(NC(=O)NC(C(=O)O)C2CC2)CC1. The van der Waals surface area contributed by atoms with Crippen LogP contribution in [0.5, 0.6) is 0 Å². The Labute approximate surface area is 120 Å². The molecule has 1 atom stereocenters. The molecule has 0 aromatic rings. The first-order valence-electron chi connectivity index (χ1n) is 7.90. The highest BCUT2D eigenvalue weighted by atomic mass is 16.4. The summed E-state index contributed by atoms with van der Waals surface area (Å²) in [7, 11) is 0. The van der Waals surface area contributed by atoms with Crippen LogP contribution < -0.4 is 10.6 Å². The first-order valence-corrected chi connectivity index (χ1v) is 7.90. The van der Waals surface area contributed by atoms with Gasteiger partial charge in [0.15, 0.2) is 0 Å². The zero-order valence-corrected chi connectivity index (χ0v) is 12.2. The first kappa shape index (κ1) is 15.1. The Hall–Kier alpha value is -1.26. The van der Waals surface area contributed by atoms with Crippen LogP contribution in [-0.2, 0) is 4.79 Å². The van der Waals surface area contributed by atoms with E-state index in [1.165, 1.54) is 25.7 Å². The zero-order chi connectivity index (χ0) is 14.5. The Bertz CT molecular complexity index is 347. The highest BCUT2D eigenvalue weighted by Crippen LogP contribution is 2.32. The van der Waals surface area contributed by atoms with Crippen LogP contribution in [0.15, 0.2) is 0 Å². The number of aliphatic carboxylic acids is 1. The topological polar surface area (TPSA) is 78.4 Å².